The molecular formula is C30H30ClN2O3S2+. The van der Waals surface area contributed by atoms with Gasteiger partial charge in [-0.1, -0.05) is 72.3 Å². The number of ether oxygens (including phenoxy) is 1. The average Bonchev–Trinajstić information content (AvgIpc) is 3.05. The second-order valence-corrected chi connectivity index (χ2v) is 12.3. The molecular weight excluding hydrogens is 536 g/mol. The van der Waals surface area contributed by atoms with E-state index in [4.69, 9.17) is 16.3 Å². The largest absolute Gasteiger partial charge is 0.456 e. The Hall–Kier alpha value is -2.84. The van der Waals surface area contributed by atoms with Crippen LogP contribution in [0.2, 0.25) is 5.02 Å². The molecule has 5 rings (SSSR count). The lowest BCUT2D eigenvalue weighted by molar-refractivity contribution is -0.893. The molecule has 2 aliphatic heterocycles. The van der Waals surface area contributed by atoms with Crippen LogP contribution < -0.4 is 10.2 Å². The molecule has 8 heteroatoms. The van der Waals surface area contributed by atoms with Crippen molar-refractivity contribution in [2.45, 2.75) is 29.2 Å². The zero-order valence-corrected chi connectivity index (χ0v) is 23.7. The fourth-order valence-corrected chi connectivity index (χ4v) is 8.05. The minimum absolute atomic E-state index is 0.275. The normalized spacial score (nSPS) is 19.7. The summed E-state index contributed by atoms with van der Waals surface area (Å²) in [6, 6.07) is 25.5. The Kier molecular flexibility index (Phi) is 8.39. The molecule has 0 saturated carbocycles. The highest BCUT2D eigenvalue weighted by atomic mass is 35.5. The summed E-state index contributed by atoms with van der Waals surface area (Å²) in [6.45, 7) is 3.66. The van der Waals surface area contributed by atoms with Gasteiger partial charge in [-0.25, -0.2) is 9.00 Å². The van der Waals surface area contributed by atoms with Crippen LogP contribution in [0.1, 0.15) is 24.0 Å². The number of carbonyl (C=O) groups excluding carboxylic acids is 1. The Morgan fingerprint density at radius 1 is 1.08 bits per heavy atom. The lowest BCUT2D eigenvalue weighted by Crippen LogP contribution is -3.08. The van der Waals surface area contributed by atoms with Gasteiger partial charge in [0.2, 0.25) is 0 Å². The molecule has 38 heavy (non-hydrogen) atoms. The topological polar surface area (TPSA) is 59.8 Å². The number of benzene rings is 3. The molecule has 3 aromatic rings. The lowest BCUT2D eigenvalue weighted by Gasteiger charge is -2.31. The van der Waals surface area contributed by atoms with E-state index in [0.717, 1.165) is 27.6 Å². The zero-order valence-electron chi connectivity index (χ0n) is 21.3. The van der Waals surface area contributed by atoms with E-state index in [9.17, 15) is 9.00 Å². The van der Waals surface area contributed by atoms with Crippen molar-refractivity contribution in [3.63, 3.8) is 0 Å². The highest BCUT2D eigenvalue weighted by molar-refractivity contribution is 8.00. The van der Waals surface area contributed by atoms with Gasteiger partial charge in [0.25, 0.3) is 0 Å². The summed E-state index contributed by atoms with van der Waals surface area (Å²) in [5.41, 5.74) is 4.00. The molecule has 196 valence electrons. The molecule has 2 N–H and O–H groups in total. The van der Waals surface area contributed by atoms with Crippen molar-refractivity contribution in [3.05, 3.63) is 117 Å². The predicted octanol–water partition coefficient (Wildman–Crippen LogP) is 4.68. The summed E-state index contributed by atoms with van der Waals surface area (Å²) in [5, 5.41) is 3.93. The van der Waals surface area contributed by atoms with Crippen LogP contribution in [-0.4, -0.2) is 36.1 Å². The third-order valence-electron chi connectivity index (χ3n) is 6.76. The molecule has 5 nitrogen and oxygen atoms in total. The van der Waals surface area contributed by atoms with Gasteiger partial charge in [-0.3, -0.25) is 0 Å². The van der Waals surface area contributed by atoms with Crippen LogP contribution in [0.4, 0.5) is 0 Å². The average molecular weight is 566 g/mol. The van der Waals surface area contributed by atoms with Crippen LogP contribution in [0.3, 0.4) is 0 Å². The highest BCUT2D eigenvalue weighted by Crippen LogP contribution is 2.47. The number of halogens is 1. The Morgan fingerprint density at radius 2 is 1.79 bits per heavy atom. The maximum Gasteiger partial charge on any atom is 0.336 e. The van der Waals surface area contributed by atoms with Gasteiger partial charge in [0.05, 0.1) is 39.1 Å². The number of rotatable bonds is 7. The van der Waals surface area contributed by atoms with Crippen LogP contribution >= 0.6 is 23.4 Å². The van der Waals surface area contributed by atoms with Gasteiger partial charge in [-0.2, -0.15) is 0 Å². The molecule has 2 heterocycles. The number of dihydropyridines is 1. The monoisotopic (exact) mass is 565 g/mol. The molecule has 0 aromatic heterocycles. The Bertz CT molecular complexity index is 1440. The first-order valence-corrected chi connectivity index (χ1v) is 15.1. The number of allylic oxidation sites excluding steroid dienone is 2. The second kappa shape index (κ2) is 11.9. The standard InChI is InChI=1S/C30H29ClN2O3S2/c1-20-27(30(34)36-17-16-33(2)18-21-10-4-3-5-11-21)28(22-12-6-7-13-23(22)31)29-24(32-20)19-37-25-14-8-9-15-26(25)38(29)35/h3-15,28,32H,16-19H2,1-2H3/p+1. The summed E-state index contributed by atoms with van der Waals surface area (Å²) < 4.78 is 19.9. The summed E-state index contributed by atoms with van der Waals surface area (Å²) in [7, 11) is 0.600. The van der Waals surface area contributed by atoms with Gasteiger partial charge in [0.1, 0.15) is 19.7 Å². The molecule has 0 amide bonds. The Balaban J connectivity index is 1.43. The van der Waals surface area contributed by atoms with Gasteiger partial charge in [0, 0.05) is 32.6 Å². The van der Waals surface area contributed by atoms with Crippen molar-refractivity contribution >= 4 is 40.1 Å². The van der Waals surface area contributed by atoms with Crippen molar-refractivity contribution in [2.24, 2.45) is 0 Å². The number of quaternary nitrogens is 1. The van der Waals surface area contributed by atoms with Crippen molar-refractivity contribution in [3.8, 4) is 0 Å². The summed E-state index contributed by atoms with van der Waals surface area (Å²) >= 11 is 8.33. The first-order chi connectivity index (χ1) is 18.4. The molecule has 0 fully saturated rings. The van der Waals surface area contributed by atoms with E-state index >= 15 is 0 Å². The molecule has 0 radical (unpaired) electrons. The molecule has 3 unspecified atom stereocenters. The fraction of sp³-hybridized carbons (Fsp3) is 0.233. The number of hydrogen-bond acceptors (Lipinski definition) is 5. The number of nitrogens with one attached hydrogen (secondary N) is 2. The number of hydrogen-bond donors (Lipinski definition) is 2. The van der Waals surface area contributed by atoms with Gasteiger partial charge in [0.15, 0.2) is 0 Å². The van der Waals surface area contributed by atoms with Crippen LogP contribution in [-0.2, 0) is 26.9 Å². The van der Waals surface area contributed by atoms with Gasteiger partial charge < -0.3 is 15.0 Å². The molecule has 0 aliphatic carbocycles. The zero-order chi connectivity index (χ0) is 26.6. The molecule has 0 bridgehead atoms. The van der Waals surface area contributed by atoms with E-state index in [-0.39, 0.29) is 6.61 Å². The third-order valence-corrected chi connectivity index (χ3v) is 9.97. The Morgan fingerprint density at radius 3 is 2.58 bits per heavy atom. The van der Waals surface area contributed by atoms with E-state index in [0.29, 0.717) is 33.5 Å². The predicted molar refractivity (Wildman–Crippen MR) is 153 cm³/mol. The van der Waals surface area contributed by atoms with Gasteiger partial charge >= 0.3 is 5.97 Å². The number of thioether (sulfide) groups is 1. The molecule has 0 saturated heterocycles. The van der Waals surface area contributed by atoms with Crippen LogP contribution in [0.25, 0.3) is 0 Å². The first kappa shape index (κ1) is 26.8. The van der Waals surface area contributed by atoms with E-state index in [1.165, 1.54) is 10.5 Å². The fourth-order valence-electron chi connectivity index (χ4n) is 4.90. The lowest BCUT2D eigenvalue weighted by atomic mass is 9.86. The summed E-state index contributed by atoms with van der Waals surface area (Å²) in [5.74, 6) is -0.373. The third kappa shape index (κ3) is 5.61. The first-order valence-electron chi connectivity index (χ1n) is 12.5. The van der Waals surface area contributed by atoms with E-state index in [1.54, 1.807) is 11.8 Å². The second-order valence-electron chi connectivity index (χ2n) is 9.47. The van der Waals surface area contributed by atoms with Crippen LogP contribution in [0.5, 0.6) is 0 Å². The summed E-state index contributed by atoms with van der Waals surface area (Å²) in [4.78, 5) is 17.3. The molecule has 0 spiro atoms. The minimum Gasteiger partial charge on any atom is -0.456 e. The van der Waals surface area contributed by atoms with Crippen molar-refractivity contribution < 1.29 is 18.6 Å². The number of fused-ring (bicyclic) bond motifs is 1. The maximum absolute atomic E-state index is 14.1. The van der Waals surface area contributed by atoms with Crippen molar-refractivity contribution in [1.82, 2.24) is 5.32 Å². The number of carbonyl (C=O) groups is 1. The van der Waals surface area contributed by atoms with E-state index in [2.05, 4.69) is 24.5 Å². The Labute approximate surface area is 235 Å². The van der Waals surface area contributed by atoms with Gasteiger partial charge in [-0.05, 0) is 30.7 Å². The van der Waals surface area contributed by atoms with Crippen molar-refractivity contribution in [2.75, 3.05) is 26.0 Å². The smallest absolute Gasteiger partial charge is 0.336 e. The maximum atomic E-state index is 14.1. The minimum atomic E-state index is -1.48. The van der Waals surface area contributed by atoms with Crippen LogP contribution in [0, 0.1) is 0 Å². The summed E-state index contributed by atoms with van der Waals surface area (Å²) in [6.07, 6.45) is 0. The molecule has 2 aliphatic rings. The molecule has 3 aromatic carbocycles. The van der Waals surface area contributed by atoms with Gasteiger partial charge in [-0.15, -0.1) is 11.8 Å². The number of esters is 1. The van der Waals surface area contributed by atoms with E-state index in [1.807, 2.05) is 73.7 Å². The quantitative estimate of drug-likeness (QED) is 0.407. The molecule has 3 atom stereocenters. The number of likely N-dealkylation sites (N-methyl/N-ethyl adjacent to an activating group) is 1. The van der Waals surface area contributed by atoms with Crippen LogP contribution in [0.15, 0.2) is 111 Å². The SMILES string of the molecule is CC1=C(C(=O)OCC[NH+](C)Cc2ccccc2)C(c2ccccc2Cl)C2=C(CSc3ccccc3S2=O)N1. The van der Waals surface area contributed by atoms with E-state index < -0.39 is 22.7 Å². The highest BCUT2D eigenvalue weighted by Gasteiger charge is 2.40. The van der Waals surface area contributed by atoms with Crippen molar-refractivity contribution in [1.29, 1.82) is 0 Å².